The first kappa shape index (κ1) is 27.5. The van der Waals surface area contributed by atoms with Gasteiger partial charge < -0.3 is 25.4 Å². The fourth-order valence-electron chi connectivity index (χ4n) is 3.80. The highest BCUT2D eigenvalue weighted by Gasteiger charge is 2.44. The molecule has 0 heterocycles. The van der Waals surface area contributed by atoms with E-state index in [1.165, 1.54) is 12.1 Å². The summed E-state index contributed by atoms with van der Waals surface area (Å²) >= 11 is 0. The molecule has 34 heavy (non-hydrogen) atoms. The number of amides is 3. The largest absolute Gasteiger partial charge is 0.508 e. The Morgan fingerprint density at radius 2 is 1.85 bits per heavy atom. The molecule has 0 saturated heterocycles. The van der Waals surface area contributed by atoms with E-state index in [2.05, 4.69) is 17.6 Å². The number of phenolic OH excluding ortho intramolecular Hbond substituents is 1. The Morgan fingerprint density at radius 3 is 2.38 bits per heavy atom. The van der Waals surface area contributed by atoms with Crippen molar-refractivity contribution < 1.29 is 24.2 Å². The van der Waals surface area contributed by atoms with Crippen LogP contribution in [0.1, 0.15) is 85.3 Å². The standard InChI is InChI=1S/C26H41N3O5/c1-7-8-9-15-27-23(31)22(18-11-10-12-20(30)16-18)29(19-13-14-19)24(32)21(17(2)3)28-25(33)34-26(4,5)6/h10-12,16-17,19,21-22,30H,7-9,13-15H2,1-6H3,(H,27,31)(H,28,33). The fourth-order valence-corrected chi connectivity index (χ4v) is 3.80. The molecule has 2 rings (SSSR count). The summed E-state index contributed by atoms with van der Waals surface area (Å²) in [5.41, 5.74) is -0.166. The zero-order valence-electron chi connectivity index (χ0n) is 21.4. The van der Waals surface area contributed by atoms with Gasteiger partial charge in [-0.1, -0.05) is 45.7 Å². The Kier molecular flexibility index (Phi) is 9.77. The van der Waals surface area contributed by atoms with Crippen molar-refractivity contribution in [2.45, 2.75) is 97.4 Å². The van der Waals surface area contributed by atoms with Gasteiger partial charge in [0.1, 0.15) is 23.4 Å². The molecule has 3 amide bonds. The van der Waals surface area contributed by atoms with Crippen molar-refractivity contribution in [3.63, 3.8) is 0 Å². The van der Waals surface area contributed by atoms with Crippen LogP contribution >= 0.6 is 0 Å². The first-order valence-electron chi connectivity index (χ1n) is 12.3. The van der Waals surface area contributed by atoms with Gasteiger partial charge in [-0.05, 0) is 63.6 Å². The zero-order valence-corrected chi connectivity index (χ0v) is 21.4. The number of alkyl carbamates (subject to hydrolysis) is 1. The summed E-state index contributed by atoms with van der Waals surface area (Å²) in [6.45, 7) is 11.6. The van der Waals surface area contributed by atoms with Gasteiger partial charge >= 0.3 is 6.09 Å². The lowest BCUT2D eigenvalue weighted by Crippen LogP contribution is -2.55. The highest BCUT2D eigenvalue weighted by molar-refractivity contribution is 5.92. The van der Waals surface area contributed by atoms with Gasteiger partial charge in [0.05, 0.1) is 0 Å². The molecule has 0 radical (unpaired) electrons. The second-order valence-corrected chi connectivity index (χ2v) is 10.3. The van der Waals surface area contributed by atoms with E-state index in [1.54, 1.807) is 37.8 Å². The van der Waals surface area contributed by atoms with Crippen LogP contribution in [-0.2, 0) is 14.3 Å². The van der Waals surface area contributed by atoms with Crippen molar-refractivity contribution in [3.05, 3.63) is 29.8 Å². The third kappa shape index (κ3) is 8.22. The second kappa shape index (κ2) is 12.1. The molecule has 0 aliphatic heterocycles. The number of nitrogens with one attached hydrogen (secondary N) is 2. The summed E-state index contributed by atoms with van der Waals surface area (Å²) in [5, 5.41) is 15.8. The molecule has 1 saturated carbocycles. The molecule has 1 aliphatic rings. The molecule has 0 aromatic heterocycles. The molecule has 3 N–H and O–H groups in total. The van der Waals surface area contributed by atoms with Crippen molar-refractivity contribution in [2.24, 2.45) is 5.92 Å². The molecule has 8 heteroatoms. The molecule has 0 bridgehead atoms. The smallest absolute Gasteiger partial charge is 0.408 e. The second-order valence-electron chi connectivity index (χ2n) is 10.3. The monoisotopic (exact) mass is 475 g/mol. The number of aromatic hydroxyl groups is 1. The lowest BCUT2D eigenvalue weighted by molar-refractivity contribution is -0.144. The van der Waals surface area contributed by atoms with Crippen molar-refractivity contribution >= 4 is 17.9 Å². The Hall–Kier alpha value is -2.77. The summed E-state index contributed by atoms with van der Waals surface area (Å²) in [6, 6.07) is 4.58. The Balaban J connectivity index is 2.36. The number of hydrogen-bond acceptors (Lipinski definition) is 5. The lowest BCUT2D eigenvalue weighted by atomic mass is 9.98. The number of unbranched alkanes of at least 4 members (excludes halogenated alkanes) is 2. The average Bonchev–Trinajstić information content (AvgIpc) is 3.56. The van der Waals surface area contributed by atoms with Crippen LogP contribution in [0, 0.1) is 5.92 Å². The van der Waals surface area contributed by atoms with Crippen molar-refractivity contribution in [3.8, 4) is 5.75 Å². The van der Waals surface area contributed by atoms with Gasteiger partial charge in [-0.2, -0.15) is 0 Å². The summed E-state index contributed by atoms with van der Waals surface area (Å²) in [6.07, 6.45) is 3.76. The molecule has 8 nitrogen and oxygen atoms in total. The van der Waals surface area contributed by atoms with E-state index < -0.39 is 23.8 Å². The van der Waals surface area contributed by atoms with Crippen molar-refractivity contribution in [2.75, 3.05) is 6.54 Å². The lowest BCUT2D eigenvalue weighted by Gasteiger charge is -2.35. The van der Waals surface area contributed by atoms with E-state index in [1.807, 2.05) is 13.8 Å². The Morgan fingerprint density at radius 1 is 1.18 bits per heavy atom. The van der Waals surface area contributed by atoms with E-state index in [0.717, 1.165) is 32.1 Å². The molecule has 190 valence electrons. The van der Waals surface area contributed by atoms with Crippen LogP contribution in [-0.4, -0.2) is 52.1 Å². The molecular formula is C26H41N3O5. The topological polar surface area (TPSA) is 108 Å². The van der Waals surface area contributed by atoms with Crippen LogP contribution in [0.3, 0.4) is 0 Å². The van der Waals surface area contributed by atoms with Crippen LogP contribution < -0.4 is 10.6 Å². The minimum absolute atomic E-state index is 0.0248. The highest BCUT2D eigenvalue weighted by atomic mass is 16.6. The van der Waals surface area contributed by atoms with Crippen LogP contribution in [0.25, 0.3) is 0 Å². The Labute approximate surface area is 203 Å². The number of benzene rings is 1. The maximum Gasteiger partial charge on any atom is 0.408 e. The van der Waals surface area contributed by atoms with E-state index in [4.69, 9.17) is 4.74 Å². The van der Waals surface area contributed by atoms with Gasteiger partial charge in [0.15, 0.2) is 0 Å². The predicted molar refractivity (Wildman–Crippen MR) is 131 cm³/mol. The number of phenols is 1. The molecule has 2 unspecified atom stereocenters. The molecule has 0 spiro atoms. The van der Waals surface area contributed by atoms with Crippen LogP contribution in [0.2, 0.25) is 0 Å². The predicted octanol–water partition coefficient (Wildman–Crippen LogP) is 4.28. The molecule has 2 atom stereocenters. The quantitative estimate of drug-likeness (QED) is 0.414. The normalized spacial score (nSPS) is 15.4. The number of nitrogens with zero attached hydrogens (tertiary/aromatic N) is 1. The third-order valence-electron chi connectivity index (χ3n) is 5.59. The first-order valence-corrected chi connectivity index (χ1v) is 12.3. The average molecular weight is 476 g/mol. The first-order chi connectivity index (χ1) is 15.9. The van der Waals surface area contributed by atoms with Gasteiger partial charge in [-0.15, -0.1) is 0 Å². The van der Waals surface area contributed by atoms with E-state index in [-0.39, 0.29) is 29.5 Å². The number of hydrogen-bond donors (Lipinski definition) is 3. The molecular weight excluding hydrogens is 434 g/mol. The van der Waals surface area contributed by atoms with Crippen LogP contribution in [0.15, 0.2) is 24.3 Å². The number of carbonyl (C=O) groups is 3. The minimum atomic E-state index is -0.907. The van der Waals surface area contributed by atoms with E-state index in [0.29, 0.717) is 12.1 Å². The maximum absolute atomic E-state index is 13.9. The number of carbonyl (C=O) groups excluding carboxylic acids is 3. The summed E-state index contributed by atoms with van der Waals surface area (Å²) < 4.78 is 5.38. The van der Waals surface area contributed by atoms with Crippen molar-refractivity contribution in [1.29, 1.82) is 0 Å². The summed E-state index contributed by atoms with van der Waals surface area (Å²) in [4.78, 5) is 41.3. The molecule has 1 aromatic carbocycles. The molecule has 1 aliphatic carbocycles. The van der Waals surface area contributed by atoms with Gasteiger partial charge in [0.2, 0.25) is 11.8 Å². The van der Waals surface area contributed by atoms with Gasteiger partial charge in [-0.25, -0.2) is 4.79 Å². The summed E-state index contributed by atoms with van der Waals surface area (Å²) in [5.74, 6) is -0.822. The minimum Gasteiger partial charge on any atom is -0.508 e. The fraction of sp³-hybridized carbons (Fsp3) is 0.654. The van der Waals surface area contributed by atoms with Gasteiger partial charge in [0, 0.05) is 12.6 Å². The van der Waals surface area contributed by atoms with Crippen LogP contribution in [0.5, 0.6) is 5.75 Å². The highest BCUT2D eigenvalue weighted by Crippen LogP contribution is 2.36. The maximum atomic E-state index is 13.9. The Bertz CT molecular complexity index is 845. The SMILES string of the molecule is CCCCCNC(=O)C(c1cccc(O)c1)N(C(=O)C(NC(=O)OC(C)(C)C)C(C)C)C1CC1. The van der Waals surface area contributed by atoms with E-state index >= 15 is 0 Å². The van der Waals surface area contributed by atoms with E-state index in [9.17, 15) is 19.5 Å². The third-order valence-corrected chi connectivity index (χ3v) is 5.59. The summed E-state index contributed by atoms with van der Waals surface area (Å²) in [7, 11) is 0. The molecule has 1 aromatic rings. The van der Waals surface area contributed by atoms with Gasteiger partial charge in [-0.3, -0.25) is 9.59 Å². The number of ether oxygens (including phenoxy) is 1. The number of rotatable bonds is 11. The zero-order chi connectivity index (χ0) is 25.5. The van der Waals surface area contributed by atoms with Crippen molar-refractivity contribution in [1.82, 2.24) is 15.5 Å². The molecule has 1 fully saturated rings. The van der Waals surface area contributed by atoms with Gasteiger partial charge in [0.25, 0.3) is 0 Å². The van der Waals surface area contributed by atoms with Crippen LogP contribution in [0.4, 0.5) is 4.79 Å².